The average Bonchev–Trinajstić information content (AvgIpc) is 3.01. The minimum Gasteiger partial charge on any atom is -0.507 e. The lowest BCUT2D eigenvalue weighted by atomic mass is 10.1. The normalized spacial score (nSPS) is 9.46. The van der Waals surface area contributed by atoms with E-state index in [4.69, 9.17) is 22.6 Å². The van der Waals surface area contributed by atoms with Crippen molar-refractivity contribution in [3.05, 3.63) is 163 Å². The molecule has 242 valence electrons. The Kier molecular flexibility index (Phi) is 16.9. The molecule has 0 bridgehead atoms. The maximum absolute atomic E-state index is 12.7. The second-order valence-electron chi connectivity index (χ2n) is 11.3. The quantitative estimate of drug-likeness (QED) is 0.166. The first-order valence-corrected chi connectivity index (χ1v) is 15.5. The second kappa shape index (κ2) is 19.7. The molecule has 0 fully saturated rings. The van der Waals surface area contributed by atoms with Gasteiger partial charge in [-0.3, -0.25) is 0 Å². The zero-order valence-corrected chi connectivity index (χ0v) is 29.6. The lowest BCUT2D eigenvalue weighted by Crippen LogP contribution is -1.91. The Balaban J connectivity index is 0.000000288. The predicted octanol–water partition coefficient (Wildman–Crippen LogP) is 11.5. The van der Waals surface area contributed by atoms with Gasteiger partial charge in [-0.15, -0.1) is 0 Å². The Labute approximate surface area is 281 Å². The van der Waals surface area contributed by atoms with Crippen molar-refractivity contribution in [3.8, 4) is 11.8 Å². The van der Waals surface area contributed by atoms with Gasteiger partial charge in [-0.2, -0.15) is 5.26 Å². The predicted molar refractivity (Wildman–Crippen MR) is 195 cm³/mol. The number of aryl methyl sites for hydroxylation is 10. The molecule has 46 heavy (non-hydrogen) atoms. The van der Waals surface area contributed by atoms with E-state index >= 15 is 0 Å². The van der Waals surface area contributed by atoms with E-state index < -0.39 is 0 Å². The molecule has 0 aliphatic heterocycles. The number of anilines is 1. The molecule has 0 aromatic heterocycles. The fourth-order valence-corrected chi connectivity index (χ4v) is 4.34. The summed E-state index contributed by atoms with van der Waals surface area (Å²) < 4.78 is 12.7. The zero-order chi connectivity index (χ0) is 35.0. The van der Waals surface area contributed by atoms with Crippen LogP contribution in [0, 0.1) is 86.4 Å². The van der Waals surface area contributed by atoms with Crippen molar-refractivity contribution < 1.29 is 9.50 Å². The SMILES string of the molecule is Cc1cccc(C)c1C#N.Cc1cccc(C)c1Cl.Cc1cccc(C)c1F.Cc1cccc(C)c1N.Cc1cccc(C)c1O. The molecule has 0 amide bonds. The van der Waals surface area contributed by atoms with Gasteiger partial charge in [0.1, 0.15) is 11.6 Å². The van der Waals surface area contributed by atoms with Crippen molar-refractivity contribution in [1.29, 1.82) is 5.26 Å². The van der Waals surface area contributed by atoms with E-state index in [0.717, 1.165) is 71.9 Å². The van der Waals surface area contributed by atoms with Crippen molar-refractivity contribution in [2.45, 2.75) is 69.2 Å². The van der Waals surface area contributed by atoms with Gasteiger partial charge in [0, 0.05) is 10.7 Å². The number of phenolic OH excluding ortho intramolecular Hbond substituents is 1. The van der Waals surface area contributed by atoms with Gasteiger partial charge in [0.15, 0.2) is 0 Å². The van der Waals surface area contributed by atoms with Gasteiger partial charge < -0.3 is 10.8 Å². The second-order valence-corrected chi connectivity index (χ2v) is 11.7. The monoisotopic (exact) mass is 638 g/mol. The van der Waals surface area contributed by atoms with Gasteiger partial charge in [-0.05, 0) is 125 Å². The van der Waals surface area contributed by atoms with Crippen LogP contribution in [0.15, 0.2) is 91.0 Å². The highest BCUT2D eigenvalue weighted by atomic mass is 35.5. The van der Waals surface area contributed by atoms with Gasteiger partial charge >= 0.3 is 0 Å². The first-order valence-electron chi connectivity index (χ1n) is 15.1. The Morgan fingerprint density at radius 3 is 1.04 bits per heavy atom. The molecule has 0 aliphatic rings. The molecule has 0 unspecified atom stereocenters. The van der Waals surface area contributed by atoms with Gasteiger partial charge in [0.25, 0.3) is 0 Å². The number of nitriles is 1. The van der Waals surface area contributed by atoms with E-state index in [9.17, 15) is 9.50 Å². The summed E-state index contributed by atoms with van der Waals surface area (Å²) in [4.78, 5) is 0. The van der Waals surface area contributed by atoms with E-state index in [2.05, 4.69) is 6.07 Å². The fourth-order valence-electron chi connectivity index (χ4n) is 4.21. The standard InChI is InChI=1S/C9H9N.C8H9Cl.C8H9F.C8H11N.C8H10O/c1-7-4-3-5-8(2)9(7)6-10;4*1-6-4-3-5-7(2)8(6)9/h3-5H,1-2H3;2*3-5H,1-2H3;3-5H,9H2,1-2H3;3-5,9H,1-2H3. The number of rotatable bonds is 0. The van der Waals surface area contributed by atoms with E-state index in [1.165, 1.54) is 0 Å². The maximum atomic E-state index is 12.7. The lowest BCUT2D eigenvalue weighted by Gasteiger charge is -2.00. The highest BCUT2D eigenvalue weighted by molar-refractivity contribution is 6.32. The summed E-state index contributed by atoms with van der Waals surface area (Å²) >= 11 is 5.88. The number of nitrogens with zero attached hydrogens (tertiary/aromatic N) is 1. The van der Waals surface area contributed by atoms with Crippen LogP contribution in [0.3, 0.4) is 0 Å². The Hall–Kier alpha value is -4.59. The number of hydrogen-bond donors (Lipinski definition) is 2. The molecular formula is C41H48ClFN2O. The largest absolute Gasteiger partial charge is 0.507 e. The Morgan fingerprint density at radius 2 is 0.804 bits per heavy atom. The summed E-state index contributed by atoms with van der Waals surface area (Å²) in [6, 6.07) is 31.2. The molecule has 0 atom stereocenters. The highest BCUT2D eigenvalue weighted by Crippen LogP contribution is 2.20. The van der Waals surface area contributed by atoms with Crippen LogP contribution in [-0.4, -0.2) is 5.11 Å². The lowest BCUT2D eigenvalue weighted by molar-refractivity contribution is 0.467. The smallest absolute Gasteiger partial charge is 0.129 e. The van der Waals surface area contributed by atoms with Gasteiger partial charge in [-0.25, -0.2) is 4.39 Å². The summed E-state index contributed by atoms with van der Waals surface area (Å²) in [6.07, 6.45) is 0. The minimum atomic E-state index is -0.0856. The molecule has 0 saturated heterocycles. The van der Waals surface area contributed by atoms with E-state index in [0.29, 0.717) is 5.75 Å². The van der Waals surface area contributed by atoms with Crippen molar-refractivity contribution in [2.24, 2.45) is 0 Å². The molecule has 5 rings (SSSR count). The van der Waals surface area contributed by atoms with Crippen molar-refractivity contribution >= 4 is 17.3 Å². The number of benzene rings is 5. The van der Waals surface area contributed by atoms with Crippen LogP contribution in [0.25, 0.3) is 0 Å². The maximum Gasteiger partial charge on any atom is 0.129 e. The van der Waals surface area contributed by atoms with Gasteiger partial charge in [0.2, 0.25) is 0 Å². The third-order valence-corrected chi connectivity index (χ3v) is 7.94. The Morgan fingerprint density at radius 1 is 0.522 bits per heavy atom. The summed E-state index contributed by atoms with van der Waals surface area (Å²) in [5, 5.41) is 18.7. The van der Waals surface area contributed by atoms with Crippen LogP contribution >= 0.6 is 11.6 Å². The third-order valence-electron chi connectivity index (χ3n) is 7.34. The van der Waals surface area contributed by atoms with Gasteiger partial charge in [0.05, 0.1) is 11.6 Å². The molecular weight excluding hydrogens is 591 g/mol. The van der Waals surface area contributed by atoms with E-state index in [-0.39, 0.29) is 5.82 Å². The van der Waals surface area contributed by atoms with Crippen LogP contribution in [-0.2, 0) is 0 Å². The number of para-hydroxylation sites is 2. The van der Waals surface area contributed by atoms with Gasteiger partial charge in [-0.1, -0.05) is 103 Å². The average molecular weight is 639 g/mol. The minimum absolute atomic E-state index is 0.0856. The van der Waals surface area contributed by atoms with Crippen LogP contribution in [0.2, 0.25) is 5.02 Å². The number of phenols is 1. The number of aromatic hydroxyl groups is 1. The van der Waals surface area contributed by atoms with E-state index in [1.54, 1.807) is 26.0 Å². The highest BCUT2D eigenvalue weighted by Gasteiger charge is 1.99. The zero-order valence-electron chi connectivity index (χ0n) is 28.9. The summed E-state index contributed by atoms with van der Waals surface area (Å²) in [5.41, 5.74) is 17.5. The van der Waals surface area contributed by atoms with E-state index in [1.807, 2.05) is 134 Å². The molecule has 0 spiro atoms. The van der Waals surface area contributed by atoms with Crippen molar-refractivity contribution in [1.82, 2.24) is 0 Å². The topological polar surface area (TPSA) is 70.0 Å². The Bertz CT molecular complexity index is 1460. The molecule has 0 saturated carbocycles. The first-order chi connectivity index (χ1) is 21.6. The van der Waals surface area contributed by atoms with Crippen LogP contribution < -0.4 is 5.73 Å². The molecule has 0 aliphatic carbocycles. The number of halogens is 2. The molecule has 3 N–H and O–H groups in total. The molecule has 0 heterocycles. The number of nitrogens with two attached hydrogens (primary N) is 1. The number of hydrogen-bond acceptors (Lipinski definition) is 3. The molecule has 0 radical (unpaired) electrons. The fraction of sp³-hybridized carbons (Fsp3) is 0.244. The summed E-state index contributed by atoms with van der Waals surface area (Å²) in [5.74, 6) is 0.329. The molecule has 5 aromatic rings. The summed E-state index contributed by atoms with van der Waals surface area (Å²) in [6.45, 7) is 19.3. The van der Waals surface area contributed by atoms with Crippen molar-refractivity contribution in [3.63, 3.8) is 0 Å². The van der Waals surface area contributed by atoms with Crippen LogP contribution in [0.1, 0.15) is 61.2 Å². The number of nitrogen functional groups attached to an aromatic ring is 1. The summed E-state index contributed by atoms with van der Waals surface area (Å²) in [7, 11) is 0. The first kappa shape index (κ1) is 39.4. The van der Waals surface area contributed by atoms with Crippen LogP contribution in [0.4, 0.5) is 10.1 Å². The molecule has 5 aromatic carbocycles. The molecule has 3 nitrogen and oxygen atoms in total. The van der Waals surface area contributed by atoms with Crippen LogP contribution in [0.5, 0.6) is 5.75 Å². The molecule has 5 heteroatoms. The van der Waals surface area contributed by atoms with Crippen molar-refractivity contribution in [2.75, 3.05) is 5.73 Å². The third kappa shape index (κ3) is 12.8.